The van der Waals surface area contributed by atoms with E-state index >= 15 is 0 Å². The second-order valence-corrected chi connectivity index (χ2v) is 6.52. The first-order valence-corrected chi connectivity index (χ1v) is 8.78. The van der Waals surface area contributed by atoms with Crippen LogP contribution in [0.4, 0.5) is 4.79 Å². The molecule has 2 atom stereocenters. The smallest absolute Gasteiger partial charge is 0.408 e. The van der Waals surface area contributed by atoms with Crippen LogP contribution in [0.25, 0.3) is 0 Å². The van der Waals surface area contributed by atoms with Gasteiger partial charge in [-0.2, -0.15) is 0 Å². The van der Waals surface area contributed by atoms with Crippen LogP contribution in [0.1, 0.15) is 32.3 Å². The highest BCUT2D eigenvalue weighted by Gasteiger charge is 2.51. The van der Waals surface area contributed by atoms with Crippen molar-refractivity contribution in [2.45, 2.75) is 38.8 Å². The molecule has 7 heteroatoms. The van der Waals surface area contributed by atoms with Gasteiger partial charge in [0, 0.05) is 6.54 Å². The van der Waals surface area contributed by atoms with E-state index in [1.54, 1.807) is 0 Å². The molecule has 1 saturated heterocycles. The fraction of sp³-hybridized carbons (Fsp3) is 0.526. The molecule has 142 valence electrons. The van der Waals surface area contributed by atoms with E-state index in [2.05, 4.69) is 10.1 Å². The molecule has 1 aromatic carbocycles. The molecule has 1 aliphatic heterocycles. The fourth-order valence-corrected chi connectivity index (χ4v) is 3.16. The highest BCUT2D eigenvalue weighted by molar-refractivity contribution is 5.94. The number of carbonyl (C=O) groups excluding carboxylic acids is 3. The number of ether oxygens (including phenoxy) is 2. The largest absolute Gasteiger partial charge is 0.468 e. The van der Waals surface area contributed by atoms with Crippen molar-refractivity contribution in [2.24, 2.45) is 5.92 Å². The summed E-state index contributed by atoms with van der Waals surface area (Å²) in [6.45, 7) is 4.27. The Balaban J connectivity index is 2.06. The van der Waals surface area contributed by atoms with Gasteiger partial charge in [0.15, 0.2) is 0 Å². The molecule has 0 aromatic heterocycles. The lowest BCUT2D eigenvalue weighted by Gasteiger charge is -2.33. The molecule has 1 aliphatic rings. The molecule has 1 heterocycles. The maximum atomic E-state index is 12.9. The minimum atomic E-state index is -1.06. The van der Waals surface area contributed by atoms with E-state index in [1.807, 2.05) is 44.2 Å². The van der Waals surface area contributed by atoms with Gasteiger partial charge in [0.25, 0.3) is 0 Å². The molecule has 1 aromatic rings. The van der Waals surface area contributed by atoms with Crippen molar-refractivity contribution < 1.29 is 23.9 Å². The number of esters is 1. The highest BCUT2D eigenvalue weighted by atomic mass is 16.5. The van der Waals surface area contributed by atoms with Crippen molar-refractivity contribution in [2.75, 3.05) is 20.2 Å². The summed E-state index contributed by atoms with van der Waals surface area (Å²) in [5.41, 5.74) is -0.193. The Morgan fingerprint density at radius 1 is 1.31 bits per heavy atom. The summed E-state index contributed by atoms with van der Waals surface area (Å²) in [4.78, 5) is 38.2. The number of hydrogen-bond donors (Lipinski definition) is 1. The monoisotopic (exact) mass is 362 g/mol. The molecule has 0 aliphatic carbocycles. The third kappa shape index (κ3) is 4.33. The van der Waals surface area contributed by atoms with Crippen LogP contribution in [0.2, 0.25) is 0 Å². The Hall–Kier alpha value is -2.57. The number of rotatable bonds is 7. The van der Waals surface area contributed by atoms with E-state index in [0.717, 1.165) is 5.56 Å². The highest BCUT2D eigenvalue weighted by Crippen LogP contribution is 2.32. The standard InChI is InChI=1S/C19H26N2O5/c1-4-14(2)19(10-11-21(17(19)23)12-16(22)25-3)20-18(24)26-13-15-8-6-5-7-9-15/h5-9,14H,4,10-13H2,1-3H3,(H,20,24). The van der Waals surface area contributed by atoms with Gasteiger partial charge in [-0.3, -0.25) is 9.59 Å². The van der Waals surface area contributed by atoms with Gasteiger partial charge in [-0.05, 0) is 17.9 Å². The Labute approximate surface area is 153 Å². The van der Waals surface area contributed by atoms with Gasteiger partial charge in [-0.15, -0.1) is 0 Å². The summed E-state index contributed by atoms with van der Waals surface area (Å²) in [5.74, 6) is -0.846. The molecule has 7 nitrogen and oxygen atoms in total. The maximum absolute atomic E-state index is 12.9. The van der Waals surface area contributed by atoms with Crippen LogP contribution in [0.3, 0.4) is 0 Å². The summed E-state index contributed by atoms with van der Waals surface area (Å²) < 4.78 is 9.92. The van der Waals surface area contributed by atoms with Gasteiger partial charge in [-0.25, -0.2) is 4.79 Å². The zero-order valence-corrected chi connectivity index (χ0v) is 15.5. The summed E-state index contributed by atoms with van der Waals surface area (Å²) in [7, 11) is 1.28. The first-order valence-electron chi connectivity index (χ1n) is 8.78. The van der Waals surface area contributed by atoms with Crippen molar-refractivity contribution in [3.63, 3.8) is 0 Å². The summed E-state index contributed by atoms with van der Waals surface area (Å²) in [6.07, 6.45) is 0.497. The second-order valence-electron chi connectivity index (χ2n) is 6.52. The number of likely N-dealkylation sites (tertiary alicyclic amines) is 1. The zero-order chi connectivity index (χ0) is 19.2. The van der Waals surface area contributed by atoms with Crippen molar-refractivity contribution >= 4 is 18.0 Å². The van der Waals surface area contributed by atoms with Crippen molar-refractivity contribution in [1.82, 2.24) is 10.2 Å². The average molecular weight is 362 g/mol. The Morgan fingerprint density at radius 3 is 2.62 bits per heavy atom. The minimum absolute atomic E-state index is 0.0954. The lowest BCUT2D eigenvalue weighted by molar-refractivity contribution is -0.147. The van der Waals surface area contributed by atoms with Crippen LogP contribution in [0.15, 0.2) is 30.3 Å². The second kappa shape index (κ2) is 8.69. The molecule has 0 saturated carbocycles. The lowest BCUT2D eigenvalue weighted by atomic mass is 9.82. The normalized spacial score (nSPS) is 20.6. The number of hydrogen-bond acceptors (Lipinski definition) is 5. The van der Waals surface area contributed by atoms with Crippen LogP contribution >= 0.6 is 0 Å². The van der Waals surface area contributed by atoms with E-state index in [1.165, 1.54) is 12.0 Å². The Kier molecular flexibility index (Phi) is 6.60. The molecule has 0 spiro atoms. The first kappa shape index (κ1) is 19.8. The zero-order valence-electron chi connectivity index (χ0n) is 15.5. The Bertz CT molecular complexity index is 649. The Morgan fingerprint density at radius 2 is 2.00 bits per heavy atom. The van der Waals surface area contributed by atoms with E-state index in [4.69, 9.17) is 4.74 Å². The van der Waals surface area contributed by atoms with Crippen LogP contribution < -0.4 is 5.32 Å². The topological polar surface area (TPSA) is 84.9 Å². The van der Waals surface area contributed by atoms with E-state index in [9.17, 15) is 14.4 Å². The summed E-state index contributed by atoms with van der Waals surface area (Å²) in [6, 6.07) is 9.33. The predicted molar refractivity (Wildman–Crippen MR) is 95.2 cm³/mol. The number of benzene rings is 1. The third-order valence-electron chi connectivity index (χ3n) is 4.98. The van der Waals surface area contributed by atoms with E-state index < -0.39 is 17.6 Å². The minimum Gasteiger partial charge on any atom is -0.468 e. The molecule has 1 fully saturated rings. The SMILES string of the molecule is CCC(C)C1(NC(=O)OCc2ccccc2)CCN(CC(=O)OC)C1=O. The molecule has 1 N–H and O–H groups in total. The fourth-order valence-electron chi connectivity index (χ4n) is 3.16. The van der Waals surface area contributed by atoms with Gasteiger partial charge < -0.3 is 19.7 Å². The van der Waals surface area contributed by atoms with Crippen LogP contribution in [0.5, 0.6) is 0 Å². The molecule has 26 heavy (non-hydrogen) atoms. The van der Waals surface area contributed by atoms with Gasteiger partial charge in [0.1, 0.15) is 18.7 Å². The molecular weight excluding hydrogens is 336 g/mol. The molecule has 0 radical (unpaired) electrons. The van der Waals surface area contributed by atoms with Crippen molar-refractivity contribution in [1.29, 1.82) is 0 Å². The van der Waals surface area contributed by atoms with Gasteiger partial charge in [-0.1, -0.05) is 50.6 Å². The number of nitrogens with zero attached hydrogens (tertiary/aromatic N) is 1. The lowest BCUT2D eigenvalue weighted by Crippen LogP contribution is -2.58. The van der Waals surface area contributed by atoms with Crippen LogP contribution in [-0.4, -0.2) is 48.6 Å². The van der Waals surface area contributed by atoms with Crippen molar-refractivity contribution in [3.8, 4) is 0 Å². The molecule has 2 amide bonds. The quantitative estimate of drug-likeness (QED) is 0.751. The third-order valence-corrected chi connectivity index (χ3v) is 4.98. The van der Waals surface area contributed by atoms with Crippen molar-refractivity contribution in [3.05, 3.63) is 35.9 Å². The number of amides is 2. The predicted octanol–water partition coefficient (Wildman–Crippen LogP) is 2.10. The van der Waals surface area contributed by atoms with Crippen LogP contribution in [-0.2, 0) is 25.7 Å². The van der Waals surface area contributed by atoms with Crippen LogP contribution in [0, 0.1) is 5.92 Å². The average Bonchev–Trinajstić information content (AvgIpc) is 2.97. The molecule has 0 bridgehead atoms. The van der Waals surface area contributed by atoms with Gasteiger partial charge >= 0.3 is 12.1 Å². The van der Waals surface area contributed by atoms with Gasteiger partial charge in [0.2, 0.25) is 5.91 Å². The summed E-state index contributed by atoms with van der Waals surface area (Å²) in [5, 5.41) is 2.78. The molecule has 2 rings (SSSR count). The maximum Gasteiger partial charge on any atom is 0.408 e. The van der Waals surface area contributed by atoms with E-state index in [-0.39, 0.29) is 25.0 Å². The van der Waals surface area contributed by atoms with Gasteiger partial charge in [0.05, 0.1) is 7.11 Å². The number of alkyl carbamates (subject to hydrolysis) is 1. The molecular formula is C19H26N2O5. The molecule has 2 unspecified atom stereocenters. The number of nitrogens with one attached hydrogen (secondary N) is 1. The first-order chi connectivity index (χ1) is 12.4. The number of carbonyl (C=O) groups is 3. The summed E-state index contributed by atoms with van der Waals surface area (Å²) >= 11 is 0. The van der Waals surface area contributed by atoms with E-state index in [0.29, 0.717) is 19.4 Å². The number of methoxy groups -OCH3 is 1.